The van der Waals surface area contributed by atoms with Crippen LogP contribution in [0.1, 0.15) is 47.3 Å². The van der Waals surface area contributed by atoms with Crippen molar-refractivity contribution in [1.82, 2.24) is 4.90 Å². The number of ether oxygens (including phenoxy) is 1. The number of halogens is 1. The number of nitrogens with one attached hydrogen (secondary N) is 1. The molecule has 0 saturated carbocycles. The molecule has 1 heterocycles. The Morgan fingerprint density at radius 1 is 1.09 bits per heavy atom. The lowest BCUT2D eigenvalue weighted by atomic mass is 9.99. The largest absolute Gasteiger partial charge is 0.465 e. The molecule has 0 bridgehead atoms. The number of ketones is 1. The number of hydrogen-bond acceptors (Lipinski definition) is 4. The maximum absolute atomic E-state index is 13.0. The Morgan fingerprint density at radius 2 is 1.80 bits per heavy atom. The summed E-state index contributed by atoms with van der Waals surface area (Å²) >= 11 is 6.52. The fraction of sp³-hybridized carbons (Fsp3) is 0.286. The third-order valence-electron chi connectivity index (χ3n) is 6.43. The Bertz CT molecular complexity index is 1260. The summed E-state index contributed by atoms with van der Waals surface area (Å²) in [5, 5.41) is 13.4. The number of hydrogen-bond donors (Lipinski definition) is 2. The lowest BCUT2D eigenvalue weighted by Gasteiger charge is -2.31. The van der Waals surface area contributed by atoms with Crippen LogP contribution in [0.25, 0.3) is 0 Å². The average molecular weight is 493 g/mol. The lowest BCUT2D eigenvalue weighted by Crippen LogP contribution is -2.47. The van der Waals surface area contributed by atoms with E-state index in [0.717, 1.165) is 22.5 Å². The van der Waals surface area contributed by atoms with Crippen LogP contribution in [0.4, 0.5) is 16.2 Å². The summed E-state index contributed by atoms with van der Waals surface area (Å²) < 4.78 is 5.71. The van der Waals surface area contributed by atoms with Gasteiger partial charge in [-0.2, -0.15) is 0 Å². The summed E-state index contributed by atoms with van der Waals surface area (Å²) in [6.45, 7) is 5.82. The van der Waals surface area contributed by atoms with Gasteiger partial charge in [0, 0.05) is 22.5 Å². The average Bonchev–Trinajstić information content (AvgIpc) is 3.12. The Morgan fingerprint density at radius 3 is 2.51 bits per heavy atom. The van der Waals surface area contributed by atoms with Gasteiger partial charge in [-0.1, -0.05) is 54.1 Å². The van der Waals surface area contributed by atoms with Gasteiger partial charge in [0.05, 0.1) is 17.7 Å². The van der Waals surface area contributed by atoms with Crippen LogP contribution in [-0.2, 0) is 11.2 Å². The highest BCUT2D eigenvalue weighted by atomic mass is 35.5. The minimum atomic E-state index is -0.973. The zero-order valence-electron chi connectivity index (χ0n) is 20.0. The van der Waals surface area contributed by atoms with Crippen LogP contribution in [-0.4, -0.2) is 40.3 Å². The van der Waals surface area contributed by atoms with Crippen LogP contribution in [0.2, 0.25) is 5.02 Å². The van der Waals surface area contributed by atoms with Gasteiger partial charge in [-0.15, -0.1) is 0 Å². The zero-order chi connectivity index (χ0) is 25.2. The summed E-state index contributed by atoms with van der Waals surface area (Å²) in [7, 11) is 0. The van der Waals surface area contributed by atoms with Crippen LogP contribution in [0.15, 0.2) is 66.7 Å². The molecule has 1 atom stereocenters. The number of carbonyl (C=O) groups is 2. The molecule has 6 nitrogen and oxygen atoms in total. The van der Waals surface area contributed by atoms with Gasteiger partial charge in [-0.3, -0.25) is 9.69 Å². The molecular weight excluding hydrogens is 464 g/mol. The van der Waals surface area contributed by atoms with Crippen molar-refractivity contribution in [2.24, 2.45) is 0 Å². The van der Waals surface area contributed by atoms with Gasteiger partial charge >= 0.3 is 6.09 Å². The van der Waals surface area contributed by atoms with Crippen LogP contribution in [0.5, 0.6) is 0 Å². The van der Waals surface area contributed by atoms with E-state index in [1.807, 2.05) is 55.5 Å². The smallest absolute Gasteiger partial charge is 0.409 e. The van der Waals surface area contributed by atoms with Gasteiger partial charge in [0.1, 0.15) is 5.72 Å². The summed E-state index contributed by atoms with van der Waals surface area (Å²) in [6.07, 6.45) is 0.340. The third-order valence-corrected chi connectivity index (χ3v) is 6.74. The number of nitrogens with zero attached hydrogens (tertiary/aromatic N) is 1. The standard InChI is InChI=1S/C28H29ClN2O4/c1-18-8-4-6-10-22(18)26(32)23-15-13-20(16-24(23)29)30-25-11-7-5-9-19(25)12-14-21-17-35-28(2,3)31(21)27(33)34/h4-11,13,15-16,21,30H,12,14,17H2,1-3H3,(H,33,34). The molecule has 0 spiro atoms. The second-order valence-corrected chi connectivity index (χ2v) is 9.63. The highest BCUT2D eigenvalue weighted by Gasteiger charge is 2.43. The molecule has 2 N–H and O–H groups in total. The number of aryl methyl sites for hydroxylation is 2. The van der Waals surface area contributed by atoms with E-state index in [-0.39, 0.29) is 11.8 Å². The minimum absolute atomic E-state index is 0.107. The topological polar surface area (TPSA) is 78.9 Å². The van der Waals surface area contributed by atoms with E-state index in [2.05, 4.69) is 5.32 Å². The van der Waals surface area contributed by atoms with Crippen molar-refractivity contribution in [2.45, 2.75) is 45.4 Å². The predicted molar refractivity (Wildman–Crippen MR) is 138 cm³/mol. The van der Waals surface area contributed by atoms with Crippen molar-refractivity contribution in [3.63, 3.8) is 0 Å². The predicted octanol–water partition coefficient (Wildman–Crippen LogP) is 6.67. The molecular formula is C28H29ClN2O4. The molecule has 35 heavy (non-hydrogen) atoms. The molecule has 1 saturated heterocycles. The molecule has 0 radical (unpaired) electrons. The van der Waals surface area contributed by atoms with Crippen molar-refractivity contribution in [2.75, 3.05) is 11.9 Å². The molecule has 1 fully saturated rings. The quantitative estimate of drug-likeness (QED) is 0.360. The van der Waals surface area contributed by atoms with Crippen molar-refractivity contribution < 1.29 is 19.4 Å². The maximum Gasteiger partial charge on any atom is 0.409 e. The Balaban J connectivity index is 1.49. The maximum atomic E-state index is 13.0. The van der Waals surface area contributed by atoms with Crippen LogP contribution in [0, 0.1) is 6.92 Å². The first-order valence-corrected chi connectivity index (χ1v) is 12.0. The number of anilines is 2. The molecule has 0 aliphatic carbocycles. The van der Waals surface area contributed by atoms with E-state index in [4.69, 9.17) is 16.3 Å². The molecule has 3 aromatic carbocycles. The van der Waals surface area contributed by atoms with Gasteiger partial charge in [-0.05, 0) is 69.0 Å². The number of carboxylic acid groups (broad SMARTS) is 1. The van der Waals surface area contributed by atoms with Crippen molar-refractivity contribution in [3.8, 4) is 0 Å². The third kappa shape index (κ3) is 5.34. The monoisotopic (exact) mass is 492 g/mol. The zero-order valence-corrected chi connectivity index (χ0v) is 20.8. The van der Waals surface area contributed by atoms with Gasteiger partial charge in [0.25, 0.3) is 0 Å². The van der Waals surface area contributed by atoms with E-state index in [1.54, 1.807) is 32.0 Å². The van der Waals surface area contributed by atoms with Crippen LogP contribution in [0.3, 0.4) is 0 Å². The number of amides is 1. The number of para-hydroxylation sites is 1. The van der Waals surface area contributed by atoms with Gasteiger partial charge in [0.15, 0.2) is 5.78 Å². The number of rotatable bonds is 7. The van der Waals surface area contributed by atoms with Gasteiger partial charge in [0.2, 0.25) is 0 Å². The van der Waals surface area contributed by atoms with E-state index in [1.165, 1.54) is 4.90 Å². The van der Waals surface area contributed by atoms with Gasteiger partial charge in [-0.25, -0.2) is 4.79 Å². The van der Waals surface area contributed by atoms with E-state index in [9.17, 15) is 14.7 Å². The SMILES string of the molecule is Cc1ccccc1C(=O)c1ccc(Nc2ccccc2CCC2COC(C)(C)N2C(=O)O)cc1Cl. The van der Waals surface area contributed by atoms with E-state index < -0.39 is 11.8 Å². The Labute approximate surface area is 210 Å². The fourth-order valence-electron chi connectivity index (χ4n) is 4.57. The molecule has 1 unspecified atom stereocenters. The molecule has 7 heteroatoms. The fourth-order valence-corrected chi connectivity index (χ4v) is 4.84. The molecule has 182 valence electrons. The van der Waals surface area contributed by atoms with Crippen molar-refractivity contribution in [3.05, 3.63) is 94.0 Å². The van der Waals surface area contributed by atoms with Crippen LogP contribution < -0.4 is 5.32 Å². The summed E-state index contributed by atoms with van der Waals surface area (Å²) in [5.41, 5.74) is 3.89. The second-order valence-electron chi connectivity index (χ2n) is 9.22. The Hall–Kier alpha value is -3.35. The van der Waals surface area contributed by atoms with E-state index in [0.29, 0.717) is 35.6 Å². The normalized spacial score (nSPS) is 16.8. The molecule has 3 aromatic rings. The van der Waals surface area contributed by atoms with E-state index >= 15 is 0 Å². The summed E-state index contributed by atoms with van der Waals surface area (Å²) in [4.78, 5) is 26.1. The summed E-state index contributed by atoms with van der Waals surface area (Å²) in [6, 6.07) is 20.5. The minimum Gasteiger partial charge on any atom is -0.465 e. The molecule has 4 rings (SSSR count). The number of carbonyl (C=O) groups excluding carboxylic acids is 1. The first-order chi connectivity index (χ1) is 16.7. The molecule has 1 aliphatic heterocycles. The molecule has 0 aromatic heterocycles. The lowest BCUT2D eigenvalue weighted by molar-refractivity contribution is -0.0421. The number of benzene rings is 3. The van der Waals surface area contributed by atoms with Gasteiger partial charge < -0.3 is 15.2 Å². The highest BCUT2D eigenvalue weighted by Crippen LogP contribution is 2.32. The van der Waals surface area contributed by atoms with Crippen molar-refractivity contribution in [1.29, 1.82) is 0 Å². The molecule has 1 amide bonds. The van der Waals surface area contributed by atoms with Crippen molar-refractivity contribution >= 4 is 34.9 Å². The molecule has 1 aliphatic rings. The Kier molecular flexibility index (Phi) is 7.15. The first kappa shape index (κ1) is 24.8. The summed E-state index contributed by atoms with van der Waals surface area (Å²) in [5.74, 6) is -0.107. The van der Waals surface area contributed by atoms with Crippen LogP contribution >= 0.6 is 11.6 Å². The second kappa shape index (κ2) is 10.1. The first-order valence-electron chi connectivity index (χ1n) is 11.6. The highest BCUT2D eigenvalue weighted by molar-refractivity contribution is 6.35.